The van der Waals surface area contributed by atoms with E-state index in [0.29, 0.717) is 31.0 Å². The quantitative estimate of drug-likeness (QED) is 0.690. The lowest BCUT2D eigenvalue weighted by Crippen LogP contribution is -2.51. The molecule has 1 saturated carbocycles. The van der Waals surface area contributed by atoms with E-state index in [-0.39, 0.29) is 28.6 Å². The van der Waals surface area contributed by atoms with Crippen molar-refractivity contribution in [3.05, 3.63) is 35.4 Å². The summed E-state index contributed by atoms with van der Waals surface area (Å²) in [4.78, 5) is 56.3. The van der Waals surface area contributed by atoms with Crippen molar-refractivity contribution in [1.29, 1.82) is 0 Å². The van der Waals surface area contributed by atoms with Crippen LogP contribution < -0.4 is 0 Å². The molecule has 1 aromatic carbocycles. The Morgan fingerprint density at radius 3 is 2.03 bits per heavy atom. The van der Waals surface area contributed by atoms with E-state index in [2.05, 4.69) is 0 Å². The summed E-state index contributed by atoms with van der Waals surface area (Å²) in [7, 11) is 0. The molecule has 3 amide bonds. The van der Waals surface area contributed by atoms with E-state index >= 15 is 0 Å². The molecule has 0 N–H and O–H groups in total. The average Bonchev–Trinajstić information content (AvgIpc) is 2.90. The molecule has 0 radical (unpaired) electrons. The molecular formula is C22H26N2O6. The SMILES string of the molecule is CC(C)(C)OC(=O)N1CCC2(CC1)CC(C(=O)ON1C(=O)c3ccccc3C1=O)C2. The van der Waals surface area contributed by atoms with Crippen LogP contribution >= 0.6 is 0 Å². The zero-order chi connectivity index (χ0) is 21.7. The zero-order valence-corrected chi connectivity index (χ0v) is 17.5. The van der Waals surface area contributed by atoms with Crippen LogP contribution in [0.3, 0.4) is 0 Å². The molecule has 2 heterocycles. The van der Waals surface area contributed by atoms with Gasteiger partial charge in [-0.25, -0.2) is 9.59 Å². The molecule has 160 valence electrons. The molecule has 1 spiro atoms. The van der Waals surface area contributed by atoms with Gasteiger partial charge in [0.25, 0.3) is 11.8 Å². The topological polar surface area (TPSA) is 93.2 Å². The molecular weight excluding hydrogens is 388 g/mol. The number of hydroxylamine groups is 2. The Bertz CT molecular complexity index is 867. The number of nitrogens with zero attached hydrogens (tertiary/aromatic N) is 2. The molecule has 4 rings (SSSR count). The minimum Gasteiger partial charge on any atom is -0.444 e. The number of carbonyl (C=O) groups is 4. The Kier molecular flexibility index (Phi) is 4.83. The third-order valence-corrected chi connectivity index (χ3v) is 6.11. The molecule has 8 heteroatoms. The summed E-state index contributed by atoms with van der Waals surface area (Å²) in [6, 6.07) is 6.41. The summed E-state index contributed by atoms with van der Waals surface area (Å²) in [5, 5.41) is 0.573. The third-order valence-electron chi connectivity index (χ3n) is 6.11. The van der Waals surface area contributed by atoms with E-state index in [9.17, 15) is 19.2 Å². The number of carbonyl (C=O) groups excluding carboxylic acids is 4. The molecule has 1 saturated heterocycles. The van der Waals surface area contributed by atoms with E-state index in [1.165, 1.54) is 0 Å². The summed E-state index contributed by atoms with van der Waals surface area (Å²) in [5.41, 5.74) is -0.0314. The molecule has 0 atom stereocenters. The van der Waals surface area contributed by atoms with Gasteiger partial charge in [0.05, 0.1) is 17.0 Å². The first-order chi connectivity index (χ1) is 14.1. The number of piperidine rings is 1. The fraction of sp³-hybridized carbons (Fsp3) is 0.545. The lowest BCUT2D eigenvalue weighted by atomic mass is 9.57. The molecule has 8 nitrogen and oxygen atoms in total. The number of hydrogen-bond acceptors (Lipinski definition) is 6. The second kappa shape index (κ2) is 7.11. The van der Waals surface area contributed by atoms with E-state index in [0.717, 1.165) is 12.8 Å². The van der Waals surface area contributed by atoms with Crippen LogP contribution in [0.4, 0.5) is 4.79 Å². The van der Waals surface area contributed by atoms with Crippen molar-refractivity contribution in [2.24, 2.45) is 11.3 Å². The first kappa shape index (κ1) is 20.4. The monoisotopic (exact) mass is 414 g/mol. The predicted molar refractivity (Wildman–Crippen MR) is 105 cm³/mol. The van der Waals surface area contributed by atoms with Crippen LogP contribution in [0, 0.1) is 11.3 Å². The van der Waals surface area contributed by atoms with Gasteiger partial charge in [0, 0.05) is 13.1 Å². The van der Waals surface area contributed by atoms with Crippen molar-refractivity contribution < 1.29 is 28.8 Å². The van der Waals surface area contributed by atoms with Crippen LogP contribution in [0.15, 0.2) is 24.3 Å². The lowest BCUT2D eigenvalue weighted by Gasteiger charge is -2.51. The highest BCUT2D eigenvalue weighted by molar-refractivity contribution is 6.20. The van der Waals surface area contributed by atoms with Crippen LogP contribution in [0.5, 0.6) is 0 Å². The molecule has 1 aromatic rings. The number of amides is 3. The van der Waals surface area contributed by atoms with Crippen molar-refractivity contribution >= 4 is 23.9 Å². The zero-order valence-electron chi connectivity index (χ0n) is 17.5. The normalized spacial score (nSPS) is 20.8. The van der Waals surface area contributed by atoms with Crippen LogP contribution in [0.25, 0.3) is 0 Å². The average molecular weight is 414 g/mol. The fourth-order valence-electron chi connectivity index (χ4n) is 4.47. The Balaban J connectivity index is 1.28. The summed E-state index contributed by atoms with van der Waals surface area (Å²) < 4.78 is 5.42. The van der Waals surface area contributed by atoms with Gasteiger partial charge < -0.3 is 14.5 Å². The summed E-state index contributed by atoms with van der Waals surface area (Å²) in [6.45, 7) is 6.71. The number of hydrogen-bond donors (Lipinski definition) is 0. The van der Waals surface area contributed by atoms with E-state index in [1.807, 2.05) is 20.8 Å². The Labute approximate surface area is 175 Å². The summed E-state index contributed by atoms with van der Waals surface area (Å²) in [6.07, 6.45) is 2.55. The van der Waals surface area contributed by atoms with Gasteiger partial charge in [-0.05, 0) is 64.0 Å². The minimum atomic E-state index is -0.608. The maximum absolute atomic E-state index is 12.5. The number of benzene rings is 1. The Morgan fingerprint density at radius 2 is 1.53 bits per heavy atom. The van der Waals surface area contributed by atoms with Gasteiger partial charge in [0.1, 0.15) is 5.60 Å². The van der Waals surface area contributed by atoms with Gasteiger partial charge in [-0.1, -0.05) is 17.2 Å². The highest BCUT2D eigenvalue weighted by Gasteiger charge is 2.51. The van der Waals surface area contributed by atoms with Crippen molar-refractivity contribution in [3.8, 4) is 0 Å². The molecule has 2 fully saturated rings. The fourth-order valence-corrected chi connectivity index (χ4v) is 4.47. The van der Waals surface area contributed by atoms with Crippen molar-refractivity contribution in [2.75, 3.05) is 13.1 Å². The van der Waals surface area contributed by atoms with Crippen LogP contribution in [0.2, 0.25) is 0 Å². The maximum atomic E-state index is 12.5. The highest BCUT2D eigenvalue weighted by atomic mass is 16.7. The van der Waals surface area contributed by atoms with Gasteiger partial charge in [0.2, 0.25) is 0 Å². The minimum absolute atomic E-state index is 0.00416. The van der Waals surface area contributed by atoms with Gasteiger partial charge in [0.15, 0.2) is 0 Å². The first-order valence-corrected chi connectivity index (χ1v) is 10.3. The van der Waals surface area contributed by atoms with Gasteiger partial charge in [-0.3, -0.25) is 9.59 Å². The van der Waals surface area contributed by atoms with Crippen molar-refractivity contribution in [1.82, 2.24) is 9.96 Å². The number of likely N-dealkylation sites (tertiary alicyclic amines) is 1. The summed E-state index contributed by atoms with van der Waals surface area (Å²) in [5.74, 6) is -2.11. The van der Waals surface area contributed by atoms with Crippen LogP contribution in [-0.2, 0) is 14.4 Å². The van der Waals surface area contributed by atoms with Gasteiger partial charge >= 0.3 is 12.1 Å². The molecule has 0 aromatic heterocycles. The number of rotatable bonds is 2. The molecule has 30 heavy (non-hydrogen) atoms. The highest BCUT2D eigenvalue weighted by Crippen LogP contribution is 2.53. The van der Waals surface area contributed by atoms with Crippen molar-refractivity contribution in [3.63, 3.8) is 0 Å². The number of fused-ring (bicyclic) bond motifs is 1. The number of imide groups is 1. The molecule has 1 aliphatic carbocycles. The van der Waals surface area contributed by atoms with Crippen LogP contribution in [-0.4, -0.2) is 52.5 Å². The Morgan fingerprint density at radius 1 is 1.00 bits per heavy atom. The second-order valence-electron chi connectivity index (χ2n) is 9.43. The smallest absolute Gasteiger partial charge is 0.410 e. The largest absolute Gasteiger partial charge is 0.444 e. The lowest BCUT2D eigenvalue weighted by molar-refractivity contribution is -0.183. The van der Waals surface area contributed by atoms with Gasteiger partial charge in [-0.2, -0.15) is 0 Å². The maximum Gasteiger partial charge on any atom is 0.410 e. The molecule has 2 aliphatic heterocycles. The Hall–Kier alpha value is -2.90. The van der Waals surface area contributed by atoms with E-state index in [4.69, 9.17) is 9.57 Å². The predicted octanol–water partition coefficient (Wildman–Crippen LogP) is 3.17. The summed E-state index contributed by atoms with van der Waals surface area (Å²) >= 11 is 0. The number of ether oxygens (including phenoxy) is 1. The third kappa shape index (κ3) is 3.66. The van der Waals surface area contributed by atoms with Gasteiger partial charge in [-0.15, -0.1) is 0 Å². The molecule has 0 unspecified atom stereocenters. The van der Waals surface area contributed by atoms with Crippen LogP contribution in [0.1, 0.15) is 67.2 Å². The van der Waals surface area contributed by atoms with E-state index < -0.39 is 23.4 Å². The molecule has 3 aliphatic rings. The standard InChI is InChI=1S/C22H26N2O6/c1-21(2,3)29-20(28)23-10-8-22(9-11-23)12-14(13-22)19(27)30-24-17(25)15-6-4-5-7-16(15)18(24)26/h4-7,14H,8-13H2,1-3H3. The second-order valence-corrected chi connectivity index (χ2v) is 9.43. The van der Waals surface area contributed by atoms with Crippen molar-refractivity contribution in [2.45, 2.75) is 52.1 Å². The van der Waals surface area contributed by atoms with E-state index in [1.54, 1.807) is 29.2 Å². The molecule has 0 bridgehead atoms. The first-order valence-electron chi connectivity index (χ1n) is 10.3.